The molecule has 23 heavy (non-hydrogen) atoms. The highest BCUT2D eigenvalue weighted by atomic mass is 35.5. The van der Waals surface area contributed by atoms with Crippen molar-refractivity contribution in [2.45, 2.75) is 6.92 Å². The van der Waals surface area contributed by atoms with Gasteiger partial charge >= 0.3 is 0 Å². The van der Waals surface area contributed by atoms with Gasteiger partial charge in [0.25, 0.3) is 0 Å². The first kappa shape index (κ1) is 15.6. The Hall–Kier alpha value is -2.30. The quantitative estimate of drug-likeness (QED) is 0.648. The summed E-state index contributed by atoms with van der Waals surface area (Å²) in [7, 11) is 0. The SMILES string of the molecule is Cc1cc(Nc2ccc(Cl)cc2)nc(Nc2ccccc2Cl)n1. The van der Waals surface area contributed by atoms with Crippen LogP contribution >= 0.6 is 23.2 Å². The molecule has 0 bridgehead atoms. The summed E-state index contributed by atoms with van der Waals surface area (Å²) in [4.78, 5) is 8.85. The Labute approximate surface area is 144 Å². The molecular weight excluding hydrogens is 331 g/mol. The highest BCUT2D eigenvalue weighted by Gasteiger charge is 2.05. The van der Waals surface area contributed by atoms with Crippen molar-refractivity contribution in [2.24, 2.45) is 0 Å². The molecule has 1 aromatic heterocycles. The maximum atomic E-state index is 6.15. The molecule has 0 aliphatic carbocycles. The van der Waals surface area contributed by atoms with Gasteiger partial charge in [-0.25, -0.2) is 4.98 Å². The molecule has 0 unspecified atom stereocenters. The lowest BCUT2D eigenvalue weighted by Gasteiger charge is -2.11. The smallest absolute Gasteiger partial charge is 0.229 e. The lowest BCUT2D eigenvalue weighted by atomic mass is 10.3. The normalized spacial score (nSPS) is 10.4. The maximum Gasteiger partial charge on any atom is 0.229 e. The molecule has 0 aliphatic rings. The number of hydrogen-bond acceptors (Lipinski definition) is 4. The van der Waals surface area contributed by atoms with Crippen molar-refractivity contribution >= 4 is 46.3 Å². The molecule has 0 saturated carbocycles. The molecule has 3 rings (SSSR count). The van der Waals surface area contributed by atoms with Gasteiger partial charge in [0.1, 0.15) is 5.82 Å². The number of benzene rings is 2. The van der Waals surface area contributed by atoms with Gasteiger partial charge < -0.3 is 10.6 Å². The first-order valence-electron chi connectivity index (χ1n) is 7.00. The number of halogens is 2. The van der Waals surface area contributed by atoms with Crippen LogP contribution in [-0.2, 0) is 0 Å². The third-order valence-electron chi connectivity index (χ3n) is 3.09. The number of aromatic nitrogens is 2. The fourth-order valence-corrected chi connectivity index (χ4v) is 2.36. The molecule has 3 aromatic rings. The van der Waals surface area contributed by atoms with Crippen LogP contribution in [0.15, 0.2) is 54.6 Å². The largest absolute Gasteiger partial charge is 0.340 e. The summed E-state index contributed by atoms with van der Waals surface area (Å²) >= 11 is 12.0. The first-order chi connectivity index (χ1) is 11.1. The van der Waals surface area contributed by atoms with Gasteiger partial charge in [0.15, 0.2) is 0 Å². The fraction of sp³-hybridized carbons (Fsp3) is 0.0588. The van der Waals surface area contributed by atoms with Gasteiger partial charge in [0.05, 0.1) is 10.7 Å². The molecule has 2 N–H and O–H groups in total. The van der Waals surface area contributed by atoms with Crippen molar-refractivity contribution in [1.29, 1.82) is 0 Å². The van der Waals surface area contributed by atoms with Gasteiger partial charge in [-0.05, 0) is 43.3 Å². The van der Waals surface area contributed by atoms with Crippen molar-refractivity contribution in [2.75, 3.05) is 10.6 Å². The molecular formula is C17H14Cl2N4. The van der Waals surface area contributed by atoms with Gasteiger partial charge in [0.2, 0.25) is 5.95 Å². The molecule has 0 amide bonds. The van der Waals surface area contributed by atoms with Crippen LogP contribution in [0.25, 0.3) is 0 Å². The topological polar surface area (TPSA) is 49.8 Å². The van der Waals surface area contributed by atoms with E-state index >= 15 is 0 Å². The predicted octanol–water partition coefficient (Wildman–Crippen LogP) is 5.58. The predicted molar refractivity (Wildman–Crippen MR) is 96.2 cm³/mol. The van der Waals surface area contributed by atoms with Gasteiger partial charge in [-0.2, -0.15) is 4.98 Å². The molecule has 116 valence electrons. The third kappa shape index (κ3) is 4.12. The second-order valence-corrected chi connectivity index (χ2v) is 5.80. The summed E-state index contributed by atoms with van der Waals surface area (Å²) < 4.78 is 0. The lowest BCUT2D eigenvalue weighted by molar-refractivity contribution is 1.11. The number of para-hydroxylation sites is 1. The van der Waals surface area contributed by atoms with Crippen LogP contribution in [0.2, 0.25) is 10.0 Å². The molecule has 1 heterocycles. The van der Waals surface area contributed by atoms with Crippen molar-refractivity contribution in [1.82, 2.24) is 9.97 Å². The Kier molecular flexibility index (Phi) is 4.65. The molecule has 0 atom stereocenters. The van der Waals surface area contributed by atoms with E-state index in [1.54, 1.807) is 0 Å². The van der Waals surface area contributed by atoms with Crippen molar-refractivity contribution in [3.05, 3.63) is 70.3 Å². The highest BCUT2D eigenvalue weighted by Crippen LogP contribution is 2.25. The average molecular weight is 345 g/mol. The summed E-state index contributed by atoms with van der Waals surface area (Å²) in [6.45, 7) is 1.91. The van der Waals surface area contributed by atoms with Crippen molar-refractivity contribution < 1.29 is 0 Å². The van der Waals surface area contributed by atoms with E-state index in [1.807, 2.05) is 61.5 Å². The maximum absolute atomic E-state index is 6.15. The van der Waals surface area contributed by atoms with Crippen molar-refractivity contribution in [3.63, 3.8) is 0 Å². The van der Waals surface area contributed by atoms with Crippen LogP contribution < -0.4 is 10.6 Å². The number of aryl methyl sites for hydroxylation is 1. The van der Waals surface area contributed by atoms with Crippen LogP contribution in [0.4, 0.5) is 23.1 Å². The van der Waals surface area contributed by atoms with Crippen LogP contribution in [0.5, 0.6) is 0 Å². The molecule has 0 aliphatic heterocycles. The highest BCUT2D eigenvalue weighted by molar-refractivity contribution is 6.33. The molecule has 2 aromatic carbocycles. The number of nitrogens with one attached hydrogen (secondary N) is 2. The lowest BCUT2D eigenvalue weighted by Crippen LogP contribution is -2.02. The van der Waals surface area contributed by atoms with E-state index in [0.29, 0.717) is 21.8 Å². The van der Waals surface area contributed by atoms with Crippen LogP contribution in [0, 0.1) is 6.92 Å². The summed E-state index contributed by atoms with van der Waals surface area (Å²) in [5, 5.41) is 7.67. The van der Waals surface area contributed by atoms with Crippen molar-refractivity contribution in [3.8, 4) is 0 Å². The zero-order chi connectivity index (χ0) is 16.2. The zero-order valence-corrected chi connectivity index (χ0v) is 13.9. The zero-order valence-electron chi connectivity index (χ0n) is 12.3. The Morgan fingerprint density at radius 1 is 0.870 bits per heavy atom. The fourth-order valence-electron chi connectivity index (χ4n) is 2.05. The van der Waals surface area contributed by atoms with E-state index < -0.39 is 0 Å². The Bertz CT molecular complexity index is 819. The average Bonchev–Trinajstić information content (AvgIpc) is 2.51. The first-order valence-corrected chi connectivity index (χ1v) is 7.75. The molecule has 4 nitrogen and oxygen atoms in total. The van der Waals surface area contributed by atoms with Gasteiger partial charge in [-0.3, -0.25) is 0 Å². The molecule has 0 radical (unpaired) electrons. The third-order valence-corrected chi connectivity index (χ3v) is 3.67. The monoisotopic (exact) mass is 344 g/mol. The second-order valence-electron chi connectivity index (χ2n) is 4.95. The molecule has 0 spiro atoms. The summed E-state index contributed by atoms with van der Waals surface area (Å²) in [6.07, 6.45) is 0. The van der Waals surface area contributed by atoms with E-state index in [9.17, 15) is 0 Å². The second kappa shape index (κ2) is 6.86. The summed E-state index contributed by atoms with van der Waals surface area (Å²) in [5.74, 6) is 1.17. The number of hydrogen-bond donors (Lipinski definition) is 2. The van der Waals surface area contributed by atoms with Gasteiger partial charge in [-0.1, -0.05) is 35.3 Å². The molecule has 6 heteroatoms. The Balaban J connectivity index is 1.84. The number of rotatable bonds is 4. The minimum Gasteiger partial charge on any atom is -0.340 e. The Morgan fingerprint density at radius 2 is 1.61 bits per heavy atom. The Morgan fingerprint density at radius 3 is 2.35 bits per heavy atom. The minimum absolute atomic E-state index is 0.481. The van der Waals surface area contributed by atoms with Crippen LogP contribution in [0.3, 0.4) is 0 Å². The standard InChI is InChI=1S/C17H14Cl2N4/c1-11-10-16(21-13-8-6-12(18)7-9-13)23-17(20-11)22-15-5-3-2-4-14(15)19/h2-10H,1H3,(H2,20,21,22,23). The van der Waals surface area contributed by atoms with Gasteiger partial charge in [-0.15, -0.1) is 0 Å². The molecule has 0 saturated heterocycles. The molecule has 0 fully saturated rings. The number of anilines is 4. The van der Waals surface area contributed by atoms with Crippen LogP contribution in [-0.4, -0.2) is 9.97 Å². The van der Waals surface area contributed by atoms with E-state index in [-0.39, 0.29) is 0 Å². The van der Waals surface area contributed by atoms with E-state index in [0.717, 1.165) is 17.1 Å². The van der Waals surface area contributed by atoms with Gasteiger partial charge in [0, 0.05) is 22.5 Å². The summed E-state index contributed by atoms with van der Waals surface area (Å²) in [5.41, 5.74) is 2.50. The van der Waals surface area contributed by atoms with Crippen LogP contribution in [0.1, 0.15) is 5.69 Å². The van der Waals surface area contributed by atoms with E-state index in [2.05, 4.69) is 20.6 Å². The van der Waals surface area contributed by atoms with E-state index in [4.69, 9.17) is 23.2 Å². The number of nitrogens with zero attached hydrogens (tertiary/aromatic N) is 2. The minimum atomic E-state index is 0.481. The van der Waals surface area contributed by atoms with E-state index in [1.165, 1.54) is 0 Å². The summed E-state index contributed by atoms with van der Waals surface area (Å²) in [6, 6.07) is 16.7.